The standard InChI is InChI=1S/C26H28N4O3/c1-17-10-18(2)23-14-20(16-27)25(28-24(23)11-17)29-6-5-7-30(9-8-29)26(31)19-12-21(32-3)15-22(13-19)33-4/h10-15H,5-9H2,1-4H3. The highest BCUT2D eigenvalue weighted by Gasteiger charge is 2.24. The number of benzene rings is 2. The molecule has 1 amide bonds. The lowest BCUT2D eigenvalue weighted by atomic mass is 10.0. The summed E-state index contributed by atoms with van der Waals surface area (Å²) in [5, 5.41) is 10.8. The number of nitriles is 1. The number of ether oxygens (including phenoxy) is 2. The molecule has 0 radical (unpaired) electrons. The number of carbonyl (C=O) groups excluding carboxylic acids is 1. The molecule has 0 saturated carbocycles. The lowest BCUT2D eigenvalue weighted by molar-refractivity contribution is 0.0766. The molecule has 170 valence electrons. The molecule has 0 aliphatic carbocycles. The number of aryl methyl sites for hydroxylation is 2. The van der Waals surface area contributed by atoms with Crippen molar-refractivity contribution in [3.63, 3.8) is 0 Å². The molecular formula is C26H28N4O3. The Balaban J connectivity index is 1.59. The maximum absolute atomic E-state index is 13.2. The van der Waals surface area contributed by atoms with Gasteiger partial charge in [0.1, 0.15) is 23.4 Å². The monoisotopic (exact) mass is 444 g/mol. The molecule has 0 spiro atoms. The van der Waals surface area contributed by atoms with Crippen LogP contribution in [0.15, 0.2) is 36.4 Å². The highest BCUT2D eigenvalue weighted by Crippen LogP contribution is 2.28. The van der Waals surface area contributed by atoms with Gasteiger partial charge in [0.15, 0.2) is 0 Å². The molecule has 1 aliphatic rings. The summed E-state index contributed by atoms with van der Waals surface area (Å²) in [5.74, 6) is 1.79. The van der Waals surface area contributed by atoms with E-state index in [1.807, 2.05) is 17.9 Å². The topological polar surface area (TPSA) is 78.7 Å². The van der Waals surface area contributed by atoms with Gasteiger partial charge in [-0.05, 0) is 55.7 Å². The SMILES string of the molecule is COc1cc(OC)cc(C(=O)N2CCCN(c3nc4cc(C)cc(C)c4cc3C#N)CC2)c1. The van der Waals surface area contributed by atoms with Crippen LogP contribution >= 0.6 is 0 Å². The largest absolute Gasteiger partial charge is 0.497 e. The van der Waals surface area contributed by atoms with Gasteiger partial charge in [-0.1, -0.05) is 6.07 Å². The Hall–Kier alpha value is -3.79. The van der Waals surface area contributed by atoms with E-state index in [1.54, 1.807) is 32.4 Å². The molecule has 1 aromatic heterocycles. The summed E-state index contributed by atoms with van der Waals surface area (Å²) in [5.41, 5.74) is 4.24. The van der Waals surface area contributed by atoms with Crippen molar-refractivity contribution in [2.24, 2.45) is 0 Å². The van der Waals surface area contributed by atoms with Crippen LogP contribution in [-0.2, 0) is 0 Å². The van der Waals surface area contributed by atoms with Crippen molar-refractivity contribution >= 4 is 22.6 Å². The lowest BCUT2D eigenvalue weighted by Gasteiger charge is -2.24. The summed E-state index contributed by atoms with van der Waals surface area (Å²) in [6, 6.07) is 13.6. The maximum atomic E-state index is 13.2. The highest BCUT2D eigenvalue weighted by atomic mass is 16.5. The summed E-state index contributed by atoms with van der Waals surface area (Å²) in [7, 11) is 3.14. The van der Waals surface area contributed by atoms with Crippen molar-refractivity contribution in [1.29, 1.82) is 5.26 Å². The van der Waals surface area contributed by atoms with E-state index in [1.165, 1.54) is 0 Å². The minimum atomic E-state index is -0.0627. The van der Waals surface area contributed by atoms with Gasteiger partial charge in [0.05, 0.1) is 25.3 Å². The van der Waals surface area contributed by atoms with E-state index in [4.69, 9.17) is 14.5 Å². The minimum Gasteiger partial charge on any atom is -0.497 e. The van der Waals surface area contributed by atoms with Gasteiger partial charge in [-0.3, -0.25) is 4.79 Å². The predicted octanol–water partition coefficient (Wildman–Crippen LogP) is 4.09. The number of rotatable bonds is 4. The Bertz CT molecular complexity index is 1230. The molecule has 7 heteroatoms. The van der Waals surface area contributed by atoms with E-state index in [-0.39, 0.29) is 5.91 Å². The van der Waals surface area contributed by atoms with Gasteiger partial charge in [0, 0.05) is 43.2 Å². The summed E-state index contributed by atoms with van der Waals surface area (Å²) < 4.78 is 10.6. The van der Waals surface area contributed by atoms with E-state index in [0.717, 1.165) is 35.0 Å². The van der Waals surface area contributed by atoms with Crippen LogP contribution in [0.5, 0.6) is 11.5 Å². The van der Waals surface area contributed by atoms with Crippen LogP contribution in [0, 0.1) is 25.2 Å². The molecule has 3 aromatic rings. The molecule has 0 atom stereocenters. The van der Waals surface area contributed by atoms with E-state index < -0.39 is 0 Å². The first-order valence-corrected chi connectivity index (χ1v) is 11.0. The number of hydrogen-bond acceptors (Lipinski definition) is 6. The summed E-state index contributed by atoms with van der Waals surface area (Å²) in [6.07, 6.45) is 0.782. The van der Waals surface area contributed by atoms with Crippen molar-refractivity contribution in [2.75, 3.05) is 45.3 Å². The fourth-order valence-corrected chi connectivity index (χ4v) is 4.39. The fourth-order valence-electron chi connectivity index (χ4n) is 4.39. The van der Waals surface area contributed by atoms with Gasteiger partial charge < -0.3 is 19.3 Å². The predicted molar refractivity (Wildman–Crippen MR) is 128 cm³/mol. The first-order chi connectivity index (χ1) is 15.9. The average Bonchev–Trinajstić information content (AvgIpc) is 3.08. The molecule has 7 nitrogen and oxygen atoms in total. The van der Waals surface area contributed by atoms with Crippen LogP contribution in [0.1, 0.15) is 33.5 Å². The second-order valence-corrected chi connectivity index (χ2v) is 8.35. The zero-order valence-corrected chi connectivity index (χ0v) is 19.5. The molecule has 33 heavy (non-hydrogen) atoms. The van der Waals surface area contributed by atoms with E-state index in [0.29, 0.717) is 48.1 Å². The van der Waals surface area contributed by atoms with Gasteiger partial charge in [0.2, 0.25) is 0 Å². The third-order valence-corrected chi connectivity index (χ3v) is 6.07. The molecule has 1 saturated heterocycles. The molecule has 2 heterocycles. The minimum absolute atomic E-state index is 0.0627. The number of fused-ring (bicyclic) bond motifs is 1. The Labute approximate surface area is 194 Å². The third kappa shape index (κ3) is 4.56. The van der Waals surface area contributed by atoms with Crippen LogP contribution in [0.3, 0.4) is 0 Å². The molecule has 4 rings (SSSR count). The number of anilines is 1. The lowest BCUT2D eigenvalue weighted by Crippen LogP contribution is -2.35. The molecule has 1 fully saturated rings. The van der Waals surface area contributed by atoms with Gasteiger partial charge in [-0.2, -0.15) is 5.26 Å². The number of methoxy groups -OCH3 is 2. The van der Waals surface area contributed by atoms with E-state index in [9.17, 15) is 10.1 Å². The van der Waals surface area contributed by atoms with E-state index in [2.05, 4.69) is 30.0 Å². The zero-order valence-electron chi connectivity index (χ0n) is 19.5. The van der Waals surface area contributed by atoms with Gasteiger partial charge >= 0.3 is 0 Å². The molecule has 0 bridgehead atoms. The highest BCUT2D eigenvalue weighted by molar-refractivity contribution is 5.95. The maximum Gasteiger partial charge on any atom is 0.254 e. The van der Waals surface area contributed by atoms with Crippen molar-refractivity contribution in [3.8, 4) is 17.6 Å². The Morgan fingerprint density at radius 2 is 1.70 bits per heavy atom. The van der Waals surface area contributed by atoms with Crippen molar-refractivity contribution in [3.05, 3.63) is 58.7 Å². The number of carbonyl (C=O) groups is 1. The number of pyridine rings is 1. The molecule has 0 unspecified atom stereocenters. The third-order valence-electron chi connectivity index (χ3n) is 6.07. The second kappa shape index (κ2) is 9.37. The first-order valence-electron chi connectivity index (χ1n) is 11.0. The van der Waals surface area contributed by atoms with Crippen LogP contribution in [-0.4, -0.2) is 56.2 Å². The Morgan fingerprint density at radius 3 is 2.36 bits per heavy atom. The molecule has 0 N–H and O–H groups in total. The zero-order chi connectivity index (χ0) is 23.5. The van der Waals surface area contributed by atoms with Crippen molar-refractivity contribution in [2.45, 2.75) is 20.3 Å². The van der Waals surface area contributed by atoms with Crippen molar-refractivity contribution < 1.29 is 14.3 Å². The fraction of sp³-hybridized carbons (Fsp3) is 0.346. The second-order valence-electron chi connectivity index (χ2n) is 8.35. The summed E-state index contributed by atoms with van der Waals surface area (Å²) in [4.78, 5) is 22.1. The first kappa shape index (κ1) is 22.4. The number of hydrogen-bond donors (Lipinski definition) is 0. The van der Waals surface area contributed by atoms with E-state index >= 15 is 0 Å². The van der Waals surface area contributed by atoms with Gasteiger partial charge in [-0.25, -0.2) is 4.98 Å². The average molecular weight is 445 g/mol. The molecule has 2 aromatic carbocycles. The summed E-state index contributed by atoms with van der Waals surface area (Å²) in [6.45, 7) is 6.59. The Morgan fingerprint density at radius 1 is 0.970 bits per heavy atom. The number of amides is 1. The number of aromatic nitrogens is 1. The van der Waals surface area contributed by atoms with Crippen LogP contribution in [0.4, 0.5) is 5.82 Å². The van der Waals surface area contributed by atoms with Gasteiger partial charge in [0.25, 0.3) is 5.91 Å². The van der Waals surface area contributed by atoms with Crippen LogP contribution in [0.2, 0.25) is 0 Å². The number of nitrogens with zero attached hydrogens (tertiary/aromatic N) is 4. The normalized spacial score (nSPS) is 14.0. The molecular weight excluding hydrogens is 416 g/mol. The van der Waals surface area contributed by atoms with Crippen molar-refractivity contribution in [1.82, 2.24) is 9.88 Å². The quantitative estimate of drug-likeness (QED) is 0.603. The molecule has 1 aliphatic heterocycles. The van der Waals surface area contributed by atoms with Crippen LogP contribution in [0.25, 0.3) is 10.9 Å². The smallest absolute Gasteiger partial charge is 0.254 e. The summed E-state index contributed by atoms with van der Waals surface area (Å²) >= 11 is 0. The van der Waals surface area contributed by atoms with Gasteiger partial charge in [-0.15, -0.1) is 0 Å². The Kier molecular flexibility index (Phi) is 6.36. The van der Waals surface area contributed by atoms with Crippen LogP contribution < -0.4 is 14.4 Å².